The fourth-order valence-corrected chi connectivity index (χ4v) is 3.30. The second kappa shape index (κ2) is 5.88. The topological polar surface area (TPSA) is 34.8 Å². The Morgan fingerprint density at radius 2 is 1.81 bits per heavy atom. The maximum Gasteiger partial charge on any atom is 0.419 e. The summed E-state index contributed by atoms with van der Waals surface area (Å²) in [5.41, 5.74) is 0.570. The molecule has 0 unspecified atom stereocenters. The number of hydrogen-bond acceptors (Lipinski definition) is 2. The molecule has 0 saturated heterocycles. The van der Waals surface area contributed by atoms with Crippen LogP contribution in [0.5, 0.6) is 0 Å². The monoisotopic (exact) mass is 396 g/mol. The van der Waals surface area contributed by atoms with Gasteiger partial charge in [0, 0.05) is 36.8 Å². The summed E-state index contributed by atoms with van der Waals surface area (Å²) in [7, 11) is 3.46. The van der Waals surface area contributed by atoms with Crippen molar-refractivity contribution >= 4 is 45.2 Å². The highest BCUT2D eigenvalue weighted by Crippen LogP contribution is 2.35. The summed E-state index contributed by atoms with van der Waals surface area (Å²) in [5.74, 6) is -1.04. The van der Waals surface area contributed by atoms with Crippen molar-refractivity contribution in [2.24, 2.45) is 14.1 Å². The zero-order valence-corrected chi connectivity index (χ0v) is 15.0. The minimum Gasteiger partial charge on any atom is -0.348 e. The number of imidazole rings is 1. The van der Waals surface area contributed by atoms with Crippen molar-refractivity contribution in [1.29, 1.82) is 0 Å². The normalized spacial score (nSPS) is 12.3. The molecule has 0 aliphatic rings. The van der Waals surface area contributed by atoms with E-state index in [1.807, 2.05) is 23.9 Å². The Bertz CT molecular complexity index is 1190. The van der Waals surface area contributed by atoms with Crippen molar-refractivity contribution < 1.29 is 17.6 Å². The van der Waals surface area contributed by atoms with Crippen LogP contribution in [-0.4, -0.2) is 14.1 Å². The molecule has 4 rings (SSSR count). The van der Waals surface area contributed by atoms with Crippen LogP contribution in [0.3, 0.4) is 0 Å². The number of fused-ring (bicyclic) bond motifs is 2. The van der Waals surface area contributed by atoms with Gasteiger partial charge in [-0.2, -0.15) is 13.2 Å². The van der Waals surface area contributed by atoms with E-state index >= 15 is 0 Å². The van der Waals surface area contributed by atoms with Crippen LogP contribution in [0.4, 0.5) is 29.2 Å². The predicted octanol–water partition coefficient (Wildman–Crippen LogP) is 5.62. The van der Waals surface area contributed by atoms with E-state index in [0.29, 0.717) is 10.7 Å². The number of alkyl halides is 3. The fraction of sp³-hybridized carbons (Fsp3) is 0.167. The average molecular weight is 397 g/mol. The van der Waals surface area contributed by atoms with Gasteiger partial charge in [0.15, 0.2) is 0 Å². The largest absolute Gasteiger partial charge is 0.419 e. The van der Waals surface area contributed by atoms with Crippen molar-refractivity contribution in [3.8, 4) is 0 Å². The second-order valence-electron chi connectivity index (χ2n) is 6.25. The lowest BCUT2D eigenvalue weighted by Gasteiger charge is -2.08. The maximum absolute atomic E-state index is 13.9. The van der Waals surface area contributed by atoms with Crippen molar-refractivity contribution in [2.45, 2.75) is 6.18 Å². The third kappa shape index (κ3) is 2.90. The van der Waals surface area contributed by atoms with Crippen LogP contribution < -0.4 is 5.32 Å². The zero-order valence-electron chi connectivity index (χ0n) is 14.2. The highest BCUT2D eigenvalue weighted by molar-refractivity contribution is 6.31. The summed E-state index contributed by atoms with van der Waals surface area (Å²) in [6, 6.07) is 6.97. The fourth-order valence-electron chi connectivity index (χ4n) is 3.13. The first-order valence-electron chi connectivity index (χ1n) is 7.90. The summed E-state index contributed by atoms with van der Waals surface area (Å²) in [5, 5.41) is 4.49. The van der Waals surface area contributed by atoms with Crippen LogP contribution in [0, 0.1) is 5.82 Å². The lowest BCUT2D eigenvalue weighted by molar-refractivity contribution is -0.139. The molecule has 0 saturated carbocycles. The van der Waals surface area contributed by atoms with E-state index in [0.717, 1.165) is 23.0 Å². The highest BCUT2D eigenvalue weighted by atomic mass is 35.5. The molecular formula is C18H13ClF4N4. The molecule has 0 amide bonds. The number of aryl methyl sites for hydroxylation is 2. The Balaban J connectivity index is 1.84. The maximum atomic E-state index is 13.9. The molecule has 0 spiro atoms. The van der Waals surface area contributed by atoms with Gasteiger partial charge in [0.2, 0.25) is 5.95 Å². The molecule has 0 radical (unpaired) electrons. The molecular weight excluding hydrogens is 384 g/mol. The van der Waals surface area contributed by atoms with Crippen molar-refractivity contribution in [3.05, 3.63) is 52.9 Å². The van der Waals surface area contributed by atoms with E-state index in [-0.39, 0.29) is 17.0 Å². The molecule has 0 bridgehead atoms. The first-order valence-corrected chi connectivity index (χ1v) is 8.27. The Hall–Kier alpha value is -2.74. The van der Waals surface area contributed by atoms with Crippen LogP contribution in [-0.2, 0) is 20.3 Å². The lowest BCUT2D eigenvalue weighted by atomic mass is 10.2. The van der Waals surface area contributed by atoms with E-state index in [2.05, 4.69) is 10.3 Å². The Kier molecular flexibility index (Phi) is 3.85. The summed E-state index contributed by atoms with van der Waals surface area (Å²) in [4.78, 5) is 4.20. The van der Waals surface area contributed by atoms with Crippen LogP contribution in [0.2, 0.25) is 5.02 Å². The number of hydrogen-bond donors (Lipinski definition) is 1. The van der Waals surface area contributed by atoms with Gasteiger partial charge < -0.3 is 14.5 Å². The highest BCUT2D eigenvalue weighted by Gasteiger charge is 2.35. The summed E-state index contributed by atoms with van der Waals surface area (Å²) < 4.78 is 56.1. The molecule has 140 valence electrons. The molecule has 2 aromatic heterocycles. The number of aromatic nitrogens is 3. The van der Waals surface area contributed by atoms with E-state index in [9.17, 15) is 17.6 Å². The quantitative estimate of drug-likeness (QED) is 0.446. The van der Waals surface area contributed by atoms with Gasteiger partial charge in [0.05, 0.1) is 27.8 Å². The lowest BCUT2D eigenvalue weighted by Crippen LogP contribution is -2.08. The molecule has 4 aromatic rings. The Morgan fingerprint density at radius 3 is 2.52 bits per heavy atom. The predicted molar refractivity (Wildman–Crippen MR) is 96.9 cm³/mol. The summed E-state index contributed by atoms with van der Waals surface area (Å²) in [6.45, 7) is 0. The molecule has 0 aliphatic heterocycles. The van der Waals surface area contributed by atoms with Crippen LogP contribution in [0.15, 0.2) is 36.5 Å². The van der Waals surface area contributed by atoms with Gasteiger partial charge in [-0.05, 0) is 24.3 Å². The molecule has 0 atom stereocenters. The molecule has 2 heterocycles. The summed E-state index contributed by atoms with van der Waals surface area (Å²) >= 11 is 6.07. The van der Waals surface area contributed by atoms with Gasteiger partial charge in [-0.3, -0.25) is 0 Å². The molecule has 0 fully saturated rings. The third-order valence-electron chi connectivity index (χ3n) is 4.47. The van der Waals surface area contributed by atoms with Gasteiger partial charge >= 0.3 is 6.18 Å². The molecule has 4 nitrogen and oxygen atoms in total. The number of benzene rings is 2. The number of rotatable bonds is 2. The van der Waals surface area contributed by atoms with Crippen molar-refractivity contribution in [1.82, 2.24) is 14.1 Å². The van der Waals surface area contributed by atoms with Crippen molar-refractivity contribution in [2.75, 3.05) is 5.32 Å². The van der Waals surface area contributed by atoms with Crippen LogP contribution in [0.25, 0.3) is 21.9 Å². The molecule has 27 heavy (non-hydrogen) atoms. The van der Waals surface area contributed by atoms with E-state index in [1.54, 1.807) is 19.2 Å². The number of nitrogens with zero attached hydrogens (tertiary/aromatic N) is 3. The summed E-state index contributed by atoms with van der Waals surface area (Å²) in [6.07, 6.45) is -2.96. The first-order chi connectivity index (χ1) is 12.6. The minimum atomic E-state index is -4.78. The van der Waals surface area contributed by atoms with Crippen molar-refractivity contribution in [3.63, 3.8) is 0 Å². The first kappa shape index (κ1) is 17.7. The molecule has 9 heteroatoms. The zero-order chi connectivity index (χ0) is 19.5. The number of halogens is 5. The van der Waals surface area contributed by atoms with Crippen LogP contribution >= 0.6 is 11.6 Å². The number of anilines is 2. The van der Waals surface area contributed by atoms with Gasteiger partial charge in [-0.15, -0.1) is 0 Å². The average Bonchev–Trinajstić information content (AvgIpc) is 3.04. The molecule has 2 aromatic carbocycles. The Labute approximate surface area is 156 Å². The second-order valence-corrected chi connectivity index (χ2v) is 6.69. The molecule has 1 N–H and O–H groups in total. The number of nitrogens with one attached hydrogen (secondary N) is 1. The minimum absolute atomic E-state index is 0.0481. The third-order valence-corrected chi connectivity index (χ3v) is 4.71. The van der Waals surface area contributed by atoms with Gasteiger partial charge in [-0.1, -0.05) is 11.6 Å². The van der Waals surface area contributed by atoms with E-state index in [4.69, 9.17) is 11.6 Å². The van der Waals surface area contributed by atoms with Gasteiger partial charge in [0.1, 0.15) is 5.82 Å². The van der Waals surface area contributed by atoms with Gasteiger partial charge in [-0.25, -0.2) is 9.37 Å². The van der Waals surface area contributed by atoms with Gasteiger partial charge in [0.25, 0.3) is 0 Å². The van der Waals surface area contributed by atoms with E-state index < -0.39 is 17.6 Å². The standard InChI is InChI=1S/C18H13ClF4N4/c1-26-8-14(10-5-9(19)3-4-15(10)26)25-17-24-13-6-11(18(21,22)23)12(20)7-16(13)27(17)2/h3-8H,1-2H3,(H,24,25). The SMILES string of the molecule is Cn1cc(Nc2nc3cc(C(F)(F)F)c(F)cc3n2C)c2cc(Cl)ccc21. The molecule has 0 aliphatic carbocycles. The van der Waals surface area contributed by atoms with Crippen LogP contribution in [0.1, 0.15) is 5.56 Å². The Morgan fingerprint density at radius 1 is 1.07 bits per heavy atom. The van der Waals surface area contributed by atoms with E-state index in [1.165, 1.54) is 4.57 Å². The smallest absolute Gasteiger partial charge is 0.348 e.